The normalized spacial score (nSPS) is 11.0. The lowest BCUT2D eigenvalue weighted by molar-refractivity contribution is -0.137. The van der Waals surface area contributed by atoms with Gasteiger partial charge in [0.2, 0.25) is 5.91 Å². The Hall–Kier alpha value is -3.03. The molecule has 0 radical (unpaired) electrons. The molecule has 0 unspecified atom stereocenters. The molecule has 2 aromatic carbocycles. The number of nitrogens with one attached hydrogen (secondary N) is 2. The lowest BCUT2D eigenvalue weighted by Crippen LogP contribution is -2.18. The van der Waals surface area contributed by atoms with E-state index in [0.29, 0.717) is 5.69 Å². The zero-order valence-corrected chi connectivity index (χ0v) is 14.6. The Morgan fingerprint density at radius 3 is 2.52 bits per heavy atom. The van der Waals surface area contributed by atoms with Crippen LogP contribution in [0.1, 0.15) is 29.3 Å². The van der Waals surface area contributed by atoms with Gasteiger partial charge < -0.3 is 15.4 Å². The van der Waals surface area contributed by atoms with Gasteiger partial charge in [-0.15, -0.1) is 0 Å². The minimum absolute atomic E-state index is 0.00735. The summed E-state index contributed by atoms with van der Waals surface area (Å²) < 4.78 is 43.0. The molecular weight excluding hydrogens is 361 g/mol. The van der Waals surface area contributed by atoms with E-state index in [-0.39, 0.29) is 36.7 Å². The molecule has 0 aliphatic carbocycles. The Bertz CT molecular complexity index is 807. The molecule has 8 heteroatoms. The lowest BCUT2D eigenvalue weighted by Gasteiger charge is -2.12. The number of amides is 1. The van der Waals surface area contributed by atoms with Crippen molar-refractivity contribution in [2.24, 2.45) is 0 Å². The highest BCUT2D eigenvalue weighted by molar-refractivity contribution is 6.01. The number of hydrogen-bond acceptors (Lipinski definition) is 4. The van der Waals surface area contributed by atoms with Crippen molar-refractivity contribution >= 4 is 23.3 Å². The van der Waals surface area contributed by atoms with Gasteiger partial charge in [0.25, 0.3) is 0 Å². The molecule has 0 aromatic heterocycles. The van der Waals surface area contributed by atoms with Crippen LogP contribution >= 0.6 is 0 Å². The molecular formula is C19H19F3N2O3. The first-order valence-electron chi connectivity index (χ1n) is 8.28. The zero-order chi connectivity index (χ0) is 19.9. The Morgan fingerprint density at radius 1 is 1.07 bits per heavy atom. The van der Waals surface area contributed by atoms with Crippen molar-refractivity contribution < 1.29 is 27.5 Å². The molecule has 0 fully saturated rings. The van der Waals surface area contributed by atoms with Gasteiger partial charge in [-0.1, -0.05) is 18.2 Å². The molecule has 0 saturated carbocycles. The van der Waals surface area contributed by atoms with E-state index in [1.807, 2.05) is 0 Å². The topological polar surface area (TPSA) is 67.4 Å². The van der Waals surface area contributed by atoms with Crippen LogP contribution in [0.4, 0.5) is 24.5 Å². The average Bonchev–Trinajstić information content (AvgIpc) is 2.62. The Kier molecular flexibility index (Phi) is 6.81. The van der Waals surface area contributed by atoms with Crippen molar-refractivity contribution in [1.29, 1.82) is 0 Å². The number of halogens is 3. The van der Waals surface area contributed by atoms with E-state index in [1.54, 1.807) is 25.1 Å². The minimum atomic E-state index is -4.42. The van der Waals surface area contributed by atoms with Crippen LogP contribution in [0.2, 0.25) is 0 Å². The van der Waals surface area contributed by atoms with Crippen molar-refractivity contribution in [2.75, 3.05) is 23.8 Å². The van der Waals surface area contributed by atoms with Crippen LogP contribution in [-0.4, -0.2) is 25.0 Å². The van der Waals surface area contributed by atoms with E-state index in [9.17, 15) is 22.8 Å². The van der Waals surface area contributed by atoms with Gasteiger partial charge in [0.15, 0.2) is 0 Å². The van der Waals surface area contributed by atoms with Crippen LogP contribution < -0.4 is 10.6 Å². The largest absolute Gasteiger partial charge is 0.462 e. The summed E-state index contributed by atoms with van der Waals surface area (Å²) >= 11 is 0. The molecule has 2 rings (SSSR count). The van der Waals surface area contributed by atoms with Gasteiger partial charge in [-0.2, -0.15) is 13.2 Å². The van der Waals surface area contributed by atoms with Crippen molar-refractivity contribution in [1.82, 2.24) is 0 Å². The number of para-hydroxylation sites is 1. The number of rotatable bonds is 7. The molecule has 144 valence electrons. The van der Waals surface area contributed by atoms with Gasteiger partial charge in [-0.05, 0) is 37.3 Å². The molecule has 0 aliphatic heterocycles. The van der Waals surface area contributed by atoms with Gasteiger partial charge in [-0.25, -0.2) is 4.79 Å². The van der Waals surface area contributed by atoms with Crippen LogP contribution in [0.3, 0.4) is 0 Å². The quantitative estimate of drug-likeness (QED) is 0.702. The predicted octanol–water partition coefficient (Wildman–Crippen LogP) is 4.32. The number of esters is 1. The first-order valence-corrected chi connectivity index (χ1v) is 8.28. The van der Waals surface area contributed by atoms with E-state index in [2.05, 4.69) is 10.6 Å². The molecule has 5 nitrogen and oxygen atoms in total. The van der Waals surface area contributed by atoms with Crippen molar-refractivity contribution in [3.63, 3.8) is 0 Å². The van der Waals surface area contributed by atoms with Gasteiger partial charge in [-0.3, -0.25) is 4.79 Å². The number of carbonyl (C=O) groups is 2. The highest BCUT2D eigenvalue weighted by Gasteiger charge is 2.30. The van der Waals surface area contributed by atoms with E-state index in [4.69, 9.17) is 4.74 Å². The molecule has 27 heavy (non-hydrogen) atoms. The van der Waals surface area contributed by atoms with Crippen LogP contribution in [-0.2, 0) is 15.7 Å². The number of hydrogen-bond donors (Lipinski definition) is 2. The second-order valence-corrected chi connectivity index (χ2v) is 5.57. The summed E-state index contributed by atoms with van der Waals surface area (Å²) in [4.78, 5) is 24.0. The average molecular weight is 380 g/mol. The molecule has 2 N–H and O–H groups in total. The monoisotopic (exact) mass is 380 g/mol. The molecule has 0 spiro atoms. The smallest absolute Gasteiger partial charge is 0.416 e. The number of benzene rings is 2. The molecule has 0 aliphatic rings. The standard InChI is InChI=1S/C19H19F3N2O3/c1-2-27-18(26)15-8-3-4-9-16(15)24-17(25)10-11-23-14-7-5-6-13(12-14)19(20,21)22/h3-9,12,23H,2,10-11H2,1H3,(H,24,25). The van der Waals surface area contributed by atoms with Gasteiger partial charge >= 0.3 is 12.1 Å². The Labute approximate surface area is 154 Å². The molecule has 0 saturated heterocycles. The summed E-state index contributed by atoms with van der Waals surface area (Å²) in [6.45, 7) is 2.02. The van der Waals surface area contributed by atoms with E-state index >= 15 is 0 Å². The van der Waals surface area contributed by atoms with Crippen molar-refractivity contribution in [3.05, 3.63) is 59.7 Å². The predicted molar refractivity (Wildman–Crippen MR) is 95.6 cm³/mol. The second kappa shape index (κ2) is 9.07. The van der Waals surface area contributed by atoms with E-state index in [0.717, 1.165) is 12.1 Å². The first-order chi connectivity index (χ1) is 12.8. The zero-order valence-electron chi connectivity index (χ0n) is 14.6. The summed E-state index contributed by atoms with van der Waals surface area (Å²) in [6.07, 6.45) is -4.42. The maximum Gasteiger partial charge on any atom is 0.416 e. The van der Waals surface area contributed by atoms with Gasteiger partial charge in [0.1, 0.15) is 0 Å². The van der Waals surface area contributed by atoms with E-state index < -0.39 is 17.7 Å². The lowest BCUT2D eigenvalue weighted by atomic mass is 10.1. The summed E-state index contributed by atoms with van der Waals surface area (Å²) in [5.41, 5.74) is 0.0587. The highest BCUT2D eigenvalue weighted by atomic mass is 19.4. The summed E-state index contributed by atoms with van der Waals surface area (Å²) in [7, 11) is 0. The maximum atomic E-state index is 12.7. The van der Waals surface area contributed by atoms with Crippen molar-refractivity contribution in [2.45, 2.75) is 19.5 Å². The summed E-state index contributed by atoms with van der Waals surface area (Å²) in [6, 6.07) is 11.2. The third-order valence-electron chi connectivity index (χ3n) is 3.57. The first kappa shape index (κ1) is 20.3. The number of anilines is 2. The second-order valence-electron chi connectivity index (χ2n) is 5.57. The van der Waals surface area contributed by atoms with Crippen LogP contribution in [0.15, 0.2) is 48.5 Å². The van der Waals surface area contributed by atoms with Gasteiger partial charge in [0.05, 0.1) is 23.4 Å². The molecule has 0 bridgehead atoms. The molecule has 0 atom stereocenters. The number of alkyl halides is 3. The fourth-order valence-corrected chi connectivity index (χ4v) is 2.32. The van der Waals surface area contributed by atoms with Crippen LogP contribution in [0.5, 0.6) is 0 Å². The molecule has 1 amide bonds. The van der Waals surface area contributed by atoms with E-state index in [1.165, 1.54) is 18.2 Å². The summed E-state index contributed by atoms with van der Waals surface area (Å²) in [5, 5.41) is 5.39. The number of ether oxygens (including phenoxy) is 1. The fraction of sp³-hybridized carbons (Fsp3) is 0.263. The third-order valence-corrected chi connectivity index (χ3v) is 3.57. The third kappa shape index (κ3) is 6.02. The van der Waals surface area contributed by atoms with Crippen LogP contribution in [0.25, 0.3) is 0 Å². The Balaban J connectivity index is 1.92. The molecule has 2 aromatic rings. The maximum absolute atomic E-state index is 12.7. The van der Waals surface area contributed by atoms with Gasteiger partial charge in [0, 0.05) is 18.7 Å². The van der Waals surface area contributed by atoms with Crippen LogP contribution in [0, 0.1) is 0 Å². The Morgan fingerprint density at radius 2 is 1.81 bits per heavy atom. The SMILES string of the molecule is CCOC(=O)c1ccccc1NC(=O)CCNc1cccc(C(F)(F)F)c1. The van der Waals surface area contributed by atoms with Crippen molar-refractivity contribution in [3.8, 4) is 0 Å². The highest BCUT2D eigenvalue weighted by Crippen LogP contribution is 2.30. The minimum Gasteiger partial charge on any atom is -0.462 e. The molecule has 0 heterocycles. The summed E-state index contributed by atoms with van der Waals surface area (Å²) in [5.74, 6) is -0.929. The fourth-order valence-electron chi connectivity index (χ4n) is 2.32. The number of carbonyl (C=O) groups excluding carboxylic acids is 2.